The van der Waals surface area contributed by atoms with Crippen LogP contribution in [-0.4, -0.2) is 37.4 Å². The minimum atomic E-state index is -0.146. The lowest BCUT2D eigenvalue weighted by Crippen LogP contribution is -2.24. The van der Waals surface area contributed by atoms with Gasteiger partial charge in [-0.05, 0) is 49.1 Å². The van der Waals surface area contributed by atoms with Crippen molar-refractivity contribution in [3.8, 4) is 5.69 Å². The molecule has 7 nitrogen and oxygen atoms in total. The Morgan fingerprint density at radius 3 is 2.55 bits per heavy atom. The summed E-state index contributed by atoms with van der Waals surface area (Å²) in [4.78, 5) is 25.3. The number of amides is 1. The molecule has 0 saturated carbocycles. The fourth-order valence-electron chi connectivity index (χ4n) is 3.57. The fourth-order valence-corrected chi connectivity index (χ4v) is 4.34. The Kier molecular flexibility index (Phi) is 6.08. The normalized spacial score (nSPS) is 12.4. The van der Waals surface area contributed by atoms with Gasteiger partial charge in [-0.25, -0.2) is 4.57 Å². The summed E-state index contributed by atoms with van der Waals surface area (Å²) in [6.07, 6.45) is 1.05. The molecule has 2 heterocycles. The molecule has 8 heteroatoms. The molecule has 0 aliphatic heterocycles. The summed E-state index contributed by atoms with van der Waals surface area (Å²) in [5.74, 6) is 1.04. The van der Waals surface area contributed by atoms with Gasteiger partial charge < -0.3 is 5.32 Å². The molecule has 0 saturated heterocycles. The Hall–Kier alpha value is -3.13. The van der Waals surface area contributed by atoms with Crippen molar-refractivity contribution in [3.63, 3.8) is 0 Å². The zero-order valence-corrected chi connectivity index (χ0v) is 18.6. The number of nitrogens with zero attached hydrogens (tertiary/aromatic N) is 4. The van der Waals surface area contributed by atoms with E-state index >= 15 is 0 Å². The maximum absolute atomic E-state index is 13.4. The molecule has 0 aliphatic carbocycles. The second-order valence-corrected chi connectivity index (χ2v) is 8.36. The third-order valence-corrected chi connectivity index (χ3v) is 6.36. The van der Waals surface area contributed by atoms with Crippen molar-refractivity contribution in [2.24, 2.45) is 0 Å². The van der Waals surface area contributed by atoms with Crippen LogP contribution in [0.15, 0.2) is 58.5 Å². The van der Waals surface area contributed by atoms with E-state index in [0.29, 0.717) is 28.8 Å². The van der Waals surface area contributed by atoms with Crippen molar-refractivity contribution >= 4 is 34.3 Å². The number of benzene rings is 2. The molecule has 4 aromatic rings. The Morgan fingerprint density at radius 2 is 1.84 bits per heavy atom. The first kappa shape index (κ1) is 21.1. The quantitative estimate of drug-likeness (QED) is 0.447. The molecule has 1 amide bonds. The molecule has 0 aliphatic rings. The highest BCUT2D eigenvalue weighted by atomic mass is 32.2. The molecule has 0 radical (unpaired) electrons. The second-order valence-electron chi connectivity index (χ2n) is 7.42. The summed E-state index contributed by atoms with van der Waals surface area (Å²) < 4.78 is 3.44. The summed E-state index contributed by atoms with van der Waals surface area (Å²) in [6, 6.07) is 15.4. The molecule has 0 spiro atoms. The largest absolute Gasteiger partial charge is 0.356 e. The van der Waals surface area contributed by atoms with Crippen LogP contribution in [0, 0.1) is 0 Å². The Morgan fingerprint density at radius 1 is 1.10 bits per heavy atom. The fraction of sp³-hybridized carbons (Fsp3) is 0.304. The standard InChI is InChI=1S/C23H25N5O2S/c1-4-15(3)16-10-12-17(13-11-16)27-21(30)18-8-6-7-9-19(18)28-22(27)25-26-23(28)31-14-20(29)24-5-2/h6-13,15H,4-5,14H2,1-3H3,(H,24,29)/t15-/m1/s1. The summed E-state index contributed by atoms with van der Waals surface area (Å²) in [5.41, 5.74) is 2.54. The molecule has 0 fully saturated rings. The van der Waals surface area contributed by atoms with Gasteiger partial charge in [-0.2, -0.15) is 0 Å². The predicted octanol–water partition coefficient (Wildman–Crippen LogP) is 3.78. The van der Waals surface area contributed by atoms with Crippen LogP contribution in [0.4, 0.5) is 0 Å². The van der Waals surface area contributed by atoms with Crippen molar-refractivity contribution in [3.05, 3.63) is 64.4 Å². The number of hydrogen-bond acceptors (Lipinski definition) is 5. The molecule has 0 bridgehead atoms. The van der Waals surface area contributed by atoms with Gasteiger partial charge in [-0.15, -0.1) is 10.2 Å². The molecule has 1 N–H and O–H groups in total. The Balaban J connectivity index is 1.88. The number of nitrogens with one attached hydrogen (secondary N) is 1. The minimum absolute atomic E-state index is 0.0671. The third kappa shape index (κ3) is 3.95. The zero-order valence-electron chi connectivity index (χ0n) is 17.8. The van der Waals surface area contributed by atoms with Crippen LogP contribution in [-0.2, 0) is 4.79 Å². The molecular weight excluding hydrogens is 410 g/mol. The predicted molar refractivity (Wildman–Crippen MR) is 124 cm³/mol. The number of fused-ring (bicyclic) bond motifs is 3. The topological polar surface area (TPSA) is 81.3 Å². The summed E-state index contributed by atoms with van der Waals surface area (Å²) in [7, 11) is 0. The van der Waals surface area contributed by atoms with E-state index in [2.05, 4.69) is 41.5 Å². The van der Waals surface area contributed by atoms with Gasteiger partial charge in [0.15, 0.2) is 5.16 Å². The van der Waals surface area contributed by atoms with E-state index in [0.717, 1.165) is 17.6 Å². The number of carbonyl (C=O) groups excluding carboxylic acids is 1. The van der Waals surface area contributed by atoms with Gasteiger partial charge in [-0.3, -0.25) is 14.0 Å². The average molecular weight is 436 g/mol. The van der Waals surface area contributed by atoms with Crippen LogP contribution in [0.25, 0.3) is 22.4 Å². The number of carbonyl (C=O) groups is 1. The summed E-state index contributed by atoms with van der Waals surface area (Å²) >= 11 is 1.30. The van der Waals surface area contributed by atoms with Gasteiger partial charge in [0, 0.05) is 6.54 Å². The maximum atomic E-state index is 13.4. The van der Waals surface area contributed by atoms with Gasteiger partial charge in [-0.1, -0.05) is 49.9 Å². The highest BCUT2D eigenvalue weighted by Gasteiger charge is 2.18. The minimum Gasteiger partial charge on any atom is -0.356 e. The molecule has 2 aromatic heterocycles. The first-order valence-corrected chi connectivity index (χ1v) is 11.4. The van der Waals surface area contributed by atoms with Gasteiger partial charge in [0.1, 0.15) is 0 Å². The molecule has 4 rings (SSSR count). The monoisotopic (exact) mass is 435 g/mol. The molecular formula is C23H25N5O2S. The van der Waals surface area contributed by atoms with E-state index < -0.39 is 0 Å². The van der Waals surface area contributed by atoms with Crippen LogP contribution < -0.4 is 10.9 Å². The highest BCUT2D eigenvalue weighted by molar-refractivity contribution is 7.99. The number of aromatic nitrogens is 4. The summed E-state index contributed by atoms with van der Waals surface area (Å²) in [6.45, 7) is 6.81. The summed E-state index contributed by atoms with van der Waals surface area (Å²) in [5, 5.41) is 12.6. The first-order valence-electron chi connectivity index (χ1n) is 10.4. The van der Waals surface area contributed by atoms with Crippen molar-refractivity contribution in [2.75, 3.05) is 12.3 Å². The second kappa shape index (κ2) is 8.93. The lowest BCUT2D eigenvalue weighted by atomic mass is 9.98. The number of rotatable bonds is 7. The van der Waals surface area contributed by atoms with Crippen molar-refractivity contribution in [1.29, 1.82) is 0 Å². The third-order valence-electron chi connectivity index (χ3n) is 5.43. The number of hydrogen-bond donors (Lipinski definition) is 1. The number of thioether (sulfide) groups is 1. The van der Waals surface area contributed by atoms with Crippen molar-refractivity contribution in [1.82, 2.24) is 24.5 Å². The van der Waals surface area contributed by atoms with Gasteiger partial charge >= 0.3 is 0 Å². The van der Waals surface area contributed by atoms with Crippen molar-refractivity contribution in [2.45, 2.75) is 38.3 Å². The van der Waals surface area contributed by atoms with Gasteiger partial charge in [0.25, 0.3) is 5.56 Å². The zero-order chi connectivity index (χ0) is 22.0. The Labute approximate surface area is 184 Å². The molecule has 31 heavy (non-hydrogen) atoms. The van der Waals surface area contributed by atoms with E-state index in [9.17, 15) is 9.59 Å². The van der Waals surface area contributed by atoms with Crippen LogP contribution in [0.3, 0.4) is 0 Å². The lowest BCUT2D eigenvalue weighted by molar-refractivity contribution is -0.118. The van der Waals surface area contributed by atoms with Crippen LogP contribution in [0.1, 0.15) is 38.7 Å². The lowest BCUT2D eigenvalue weighted by Gasteiger charge is -2.13. The molecule has 1 atom stereocenters. The van der Waals surface area contributed by atoms with Crippen LogP contribution in [0.5, 0.6) is 0 Å². The smallest absolute Gasteiger partial charge is 0.267 e. The molecule has 160 valence electrons. The average Bonchev–Trinajstić information content (AvgIpc) is 3.22. The van der Waals surface area contributed by atoms with Gasteiger partial charge in [0.2, 0.25) is 11.7 Å². The van der Waals surface area contributed by atoms with Crippen LogP contribution in [0.2, 0.25) is 0 Å². The highest BCUT2D eigenvalue weighted by Crippen LogP contribution is 2.24. The van der Waals surface area contributed by atoms with E-state index in [1.807, 2.05) is 41.7 Å². The van der Waals surface area contributed by atoms with E-state index in [4.69, 9.17) is 0 Å². The molecule has 0 unspecified atom stereocenters. The first-order chi connectivity index (χ1) is 15.0. The number of para-hydroxylation sites is 1. The maximum Gasteiger partial charge on any atom is 0.267 e. The SMILES string of the molecule is CCNC(=O)CSc1nnc2n(-c3ccc([C@H](C)CC)cc3)c(=O)c3ccccc3n12. The van der Waals surface area contributed by atoms with E-state index in [1.165, 1.54) is 17.3 Å². The van der Waals surface area contributed by atoms with Gasteiger partial charge in [0.05, 0.1) is 22.3 Å². The van der Waals surface area contributed by atoms with Crippen LogP contribution >= 0.6 is 11.8 Å². The van der Waals surface area contributed by atoms with E-state index in [-0.39, 0.29) is 17.2 Å². The molecule has 2 aromatic carbocycles. The Bertz CT molecular complexity index is 1290. The van der Waals surface area contributed by atoms with Crippen molar-refractivity contribution < 1.29 is 4.79 Å². The van der Waals surface area contributed by atoms with E-state index in [1.54, 1.807) is 10.6 Å².